The van der Waals surface area contributed by atoms with Crippen molar-refractivity contribution >= 4 is 11.8 Å². The maximum absolute atomic E-state index is 14.7. The van der Waals surface area contributed by atoms with Gasteiger partial charge in [-0.2, -0.15) is 0 Å². The molecule has 4 nitrogen and oxygen atoms in total. The summed E-state index contributed by atoms with van der Waals surface area (Å²) in [4.78, 5) is 5.37. The molecule has 2 N–H and O–H groups in total. The zero-order valence-electron chi connectivity index (χ0n) is 20.1. The van der Waals surface area contributed by atoms with Gasteiger partial charge in [0.25, 0.3) is 0 Å². The standard InChI is InChI=1S/C28H28F2N2O2S/c1-17(34)25-15-32(27(31-25)28(2,3)22-7-5-6-8-23(22)29)20-11-9-18(10-12-20)19-13-24(30)21(16-33)26(14-19)35-4/h5-15,17,33-34H,16H2,1-4H3. The van der Waals surface area contributed by atoms with E-state index in [4.69, 9.17) is 0 Å². The second-order valence-corrected chi connectivity index (χ2v) is 9.83. The smallest absolute Gasteiger partial charge is 0.130 e. The van der Waals surface area contributed by atoms with Gasteiger partial charge in [-0.25, -0.2) is 13.8 Å². The van der Waals surface area contributed by atoms with Crippen LogP contribution < -0.4 is 0 Å². The van der Waals surface area contributed by atoms with Crippen molar-refractivity contribution in [3.05, 3.63) is 101 Å². The van der Waals surface area contributed by atoms with Crippen LogP contribution in [-0.4, -0.2) is 26.0 Å². The molecule has 4 rings (SSSR count). The third-order valence-electron chi connectivity index (χ3n) is 6.27. The van der Waals surface area contributed by atoms with Gasteiger partial charge in [-0.1, -0.05) is 30.3 Å². The summed E-state index contributed by atoms with van der Waals surface area (Å²) in [6, 6.07) is 17.5. The van der Waals surface area contributed by atoms with E-state index in [2.05, 4.69) is 4.98 Å². The minimum absolute atomic E-state index is 0.293. The van der Waals surface area contributed by atoms with Crippen molar-refractivity contribution in [2.45, 2.75) is 43.8 Å². The zero-order chi connectivity index (χ0) is 25.3. The lowest BCUT2D eigenvalue weighted by Crippen LogP contribution is -2.25. The van der Waals surface area contributed by atoms with E-state index in [0.29, 0.717) is 33.1 Å². The van der Waals surface area contributed by atoms with Crippen LogP contribution in [0, 0.1) is 11.6 Å². The number of thioether (sulfide) groups is 1. The average molecular weight is 495 g/mol. The quantitative estimate of drug-likeness (QED) is 0.292. The van der Waals surface area contributed by atoms with Crippen LogP contribution in [0.1, 0.15) is 49.5 Å². The van der Waals surface area contributed by atoms with Gasteiger partial charge in [0.2, 0.25) is 0 Å². The lowest BCUT2D eigenvalue weighted by Gasteiger charge is -2.26. The predicted molar refractivity (Wildman–Crippen MR) is 136 cm³/mol. The van der Waals surface area contributed by atoms with Crippen molar-refractivity contribution in [3.8, 4) is 16.8 Å². The molecule has 0 radical (unpaired) electrons. The highest BCUT2D eigenvalue weighted by Gasteiger charge is 2.32. The number of imidazole rings is 1. The number of hydrogen-bond donors (Lipinski definition) is 2. The maximum Gasteiger partial charge on any atom is 0.130 e. The van der Waals surface area contributed by atoms with E-state index in [1.807, 2.05) is 55.0 Å². The maximum atomic E-state index is 14.7. The number of halogens is 2. The Bertz CT molecular complexity index is 1350. The van der Waals surface area contributed by atoms with Crippen LogP contribution in [0.2, 0.25) is 0 Å². The summed E-state index contributed by atoms with van der Waals surface area (Å²) in [5.74, 6) is -0.170. The molecule has 0 spiro atoms. The van der Waals surface area contributed by atoms with Gasteiger partial charge in [0, 0.05) is 27.9 Å². The highest BCUT2D eigenvalue weighted by Crippen LogP contribution is 2.36. The van der Waals surface area contributed by atoms with Crippen LogP contribution in [0.15, 0.2) is 71.8 Å². The van der Waals surface area contributed by atoms with E-state index in [9.17, 15) is 19.0 Å². The largest absolute Gasteiger partial charge is 0.392 e. The lowest BCUT2D eigenvalue weighted by atomic mass is 9.83. The molecule has 0 bridgehead atoms. The van der Waals surface area contributed by atoms with E-state index in [1.165, 1.54) is 23.9 Å². The molecule has 0 aliphatic rings. The summed E-state index contributed by atoms with van der Waals surface area (Å²) < 4.78 is 31.1. The van der Waals surface area contributed by atoms with Crippen LogP contribution >= 0.6 is 11.8 Å². The molecule has 35 heavy (non-hydrogen) atoms. The third kappa shape index (κ3) is 4.76. The van der Waals surface area contributed by atoms with E-state index >= 15 is 0 Å². The summed E-state index contributed by atoms with van der Waals surface area (Å²) in [5, 5.41) is 19.7. The van der Waals surface area contributed by atoms with Gasteiger partial charge in [0.05, 0.1) is 23.8 Å². The molecular formula is C28H28F2N2O2S. The van der Waals surface area contributed by atoms with Crippen molar-refractivity contribution in [1.29, 1.82) is 0 Å². The highest BCUT2D eigenvalue weighted by molar-refractivity contribution is 7.98. The predicted octanol–water partition coefficient (Wildman–Crippen LogP) is 6.41. The Hall–Kier alpha value is -3.00. The molecule has 7 heteroatoms. The van der Waals surface area contributed by atoms with Gasteiger partial charge in [-0.05, 0) is 68.5 Å². The number of rotatable bonds is 7. The molecule has 0 saturated carbocycles. The molecule has 1 atom stereocenters. The fraction of sp³-hybridized carbons (Fsp3) is 0.250. The summed E-state index contributed by atoms with van der Waals surface area (Å²) >= 11 is 1.39. The molecule has 4 aromatic rings. The van der Waals surface area contributed by atoms with Gasteiger partial charge in [-0.15, -0.1) is 11.8 Å². The summed E-state index contributed by atoms with van der Waals surface area (Å²) in [6.07, 6.45) is 2.82. The number of aliphatic hydroxyl groups excluding tert-OH is 2. The fourth-order valence-electron chi connectivity index (χ4n) is 4.25. The Morgan fingerprint density at radius 1 is 1.00 bits per heavy atom. The first-order valence-electron chi connectivity index (χ1n) is 11.3. The Morgan fingerprint density at radius 2 is 1.69 bits per heavy atom. The molecule has 0 amide bonds. The summed E-state index contributed by atoms with van der Waals surface area (Å²) in [6.45, 7) is 5.09. The van der Waals surface area contributed by atoms with Crippen molar-refractivity contribution < 1.29 is 19.0 Å². The SMILES string of the molecule is CSc1cc(-c2ccc(-n3cc(C(C)O)nc3C(C)(C)c3ccccc3F)cc2)cc(F)c1CO. The van der Waals surface area contributed by atoms with Crippen molar-refractivity contribution in [2.24, 2.45) is 0 Å². The number of aliphatic hydroxyl groups is 2. The van der Waals surface area contributed by atoms with Gasteiger partial charge in [0.15, 0.2) is 0 Å². The van der Waals surface area contributed by atoms with Crippen LogP contribution in [0.4, 0.5) is 8.78 Å². The number of aromatic nitrogens is 2. The normalized spacial score (nSPS) is 12.7. The molecule has 0 aliphatic carbocycles. The molecule has 1 heterocycles. The molecule has 1 unspecified atom stereocenters. The Labute approximate surface area is 208 Å². The van der Waals surface area contributed by atoms with Crippen molar-refractivity contribution in [2.75, 3.05) is 6.26 Å². The Balaban J connectivity index is 1.79. The number of hydrogen-bond acceptors (Lipinski definition) is 4. The molecule has 182 valence electrons. The first-order chi connectivity index (χ1) is 16.7. The van der Waals surface area contributed by atoms with E-state index < -0.39 is 17.3 Å². The number of nitrogens with zero attached hydrogens (tertiary/aromatic N) is 2. The van der Waals surface area contributed by atoms with Crippen LogP contribution in [0.3, 0.4) is 0 Å². The third-order valence-corrected chi connectivity index (χ3v) is 7.07. The second kappa shape index (κ2) is 9.93. The average Bonchev–Trinajstić information content (AvgIpc) is 3.31. The van der Waals surface area contributed by atoms with E-state index in [-0.39, 0.29) is 12.4 Å². The van der Waals surface area contributed by atoms with Gasteiger partial charge >= 0.3 is 0 Å². The lowest BCUT2D eigenvalue weighted by molar-refractivity contribution is 0.194. The van der Waals surface area contributed by atoms with Gasteiger partial charge in [-0.3, -0.25) is 0 Å². The molecule has 0 fully saturated rings. The monoisotopic (exact) mass is 494 g/mol. The van der Waals surface area contributed by atoms with Crippen LogP contribution in [0.25, 0.3) is 16.8 Å². The summed E-state index contributed by atoms with van der Waals surface area (Å²) in [5.41, 5.74) is 2.81. The fourth-order valence-corrected chi connectivity index (χ4v) is 4.91. The molecule has 0 aliphatic heterocycles. The van der Waals surface area contributed by atoms with Gasteiger partial charge < -0.3 is 14.8 Å². The molecule has 0 saturated heterocycles. The second-order valence-electron chi connectivity index (χ2n) is 8.98. The minimum atomic E-state index is -0.788. The van der Waals surface area contributed by atoms with Crippen molar-refractivity contribution in [3.63, 3.8) is 0 Å². The summed E-state index contributed by atoms with van der Waals surface area (Å²) in [7, 11) is 0. The van der Waals surface area contributed by atoms with Crippen LogP contribution in [-0.2, 0) is 12.0 Å². The first-order valence-corrected chi connectivity index (χ1v) is 12.5. The zero-order valence-corrected chi connectivity index (χ0v) is 20.9. The molecule has 1 aromatic heterocycles. The van der Waals surface area contributed by atoms with Crippen molar-refractivity contribution in [1.82, 2.24) is 9.55 Å². The van der Waals surface area contributed by atoms with E-state index in [1.54, 1.807) is 31.3 Å². The Morgan fingerprint density at radius 3 is 2.29 bits per heavy atom. The van der Waals surface area contributed by atoms with E-state index in [0.717, 1.165) is 11.3 Å². The van der Waals surface area contributed by atoms with Gasteiger partial charge in [0.1, 0.15) is 17.5 Å². The van der Waals surface area contributed by atoms with Crippen LogP contribution in [0.5, 0.6) is 0 Å². The topological polar surface area (TPSA) is 58.3 Å². The number of benzene rings is 3. The highest BCUT2D eigenvalue weighted by atomic mass is 32.2. The first kappa shape index (κ1) is 25.1. The molecule has 3 aromatic carbocycles. The Kier molecular flexibility index (Phi) is 7.12. The molecular weight excluding hydrogens is 466 g/mol. The minimum Gasteiger partial charge on any atom is -0.392 e.